The number of carbonyl (C=O) groups is 1. The summed E-state index contributed by atoms with van der Waals surface area (Å²) in [6.45, 7) is 7.76. The summed E-state index contributed by atoms with van der Waals surface area (Å²) in [4.78, 5) is 11.0. The molecule has 1 atom stereocenters. The van der Waals surface area contributed by atoms with Crippen LogP contribution < -0.4 is 5.32 Å². The molecule has 1 aromatic heterocycles. The third-order valence-electron chi connectivity index (χ3n) is 3.85. The minimum absolute atomic E-state index is 0.0663. The lowest BCUT2D eigenvalue weighted by Crippen LogP contribution is -2.44. The molecule has 0 aliphatic heterocycles. The summed E-state index contributed by atoms with van der Waals surface area (Å²) in [5, 5.41) is 27.1. The van der Waals surface area contributed by atoms with E-state index < -0.39 is 11.6 Å². The third-order valence-corrected chi connectivity index (χ3v) is 4.16. The molecule has 3 N–H and O–H groups in total. The molecule has 0 saturated heterocycles. The topological polar surface area (TPSA) is 87.4 Å². The summed E-state index contributed by atoms with van der Waals surface area (Å²) in [7, 11) is 0. The first kappa shape index (κ1) is 19.4. The van der Waals surface area contributed by atoms with Crippen molar-refractivity contribution in [3.63, 3.8) is 0 Å². The van der Waals surface area contributed by atoms with Crippen LogP contribution in [0.5, 0.6) is 0 Å². The van der Waals surface area contributed by atoms with Crippen LogP contribution in [-0.4, -0.2) is 38.1 Å². The van der Waals surface area contributed by atoms with Gasteiger partial charge in [0, 0.05) is 30.3 Å². The standard InChI is InChI=1S/C18H24ClN3O3/c1-17(2,3)15-12(9-20-11-18(4,25)16(23)24)10-22(21-15)14-8-6-5-7-13(14)19/h5-8,10,20,25H,9,11H2,1-4H3,(H,23,24). The quantitative estimate of drug-likeness (QED) is 0.732. The number of hydrogen-bond donors (Lipinski definition) is 3. The van der Waals surface area contributed by atoms with Crippen LogP contribution in [0.4, 0.5) is 0 Å². The Balaban J connectivity index is 2.28. The SMILES string of the molecule is CC(O)(CNCc1cn(-c2ccccc2Cl)nc1C(C)(C)C)C(=O)O. The van der Waals surface area contributed by atoms with E-state index in [2.05, 4.69) is 31.2 Å². The molecule has 0 aliphatic carbocycles. The van der Waals surface area contributed by atoms with E-state index in [4.69, 9.17) is 16.7 Å². The molecule has 7 heteroatoms. The number of nitrogens with one attached hydrogen (secondary N) is 1. The minimum atomic E-state index is -1.82. The van der Waals surface area contributed by atoms with Gasteiger partial charge in [0.25, 0.3) is 0 Å². The van der Waals surface area contributed by atoms with Crippen molar-refractivity contribution < 1.29 is 15.0 Å². The number of aliphatic carboxylic acids is 1. The Bertz CT molecular complexity index is 763. The summed E-state index contributed by atoms with van der Waals surface area (Å²) in [6.07, 6.45) is 1.88. The molecule has 2 rings (SSSR count). The lowest BCUT2D eigenvalue weighted by molar-refractivity contribution is -0.156. The van der Waals surface area contributed by atoms with Crippen molar-refractivity contribution in [2.24, 2.45) is 0 Å². The van der Waals surface area contributed by atoms with E-state index in [1.54, 1.807) is 10.7 Å². The number of carboxylic acid groups (broad SMARTS) is 1. The van der Waals surface area contributed by atoms with Gasteiger partial charge in [-0.05, 0) is 19.1 Å². The molecule has 0 aliphatic rings. The van der Waals surface area contributed by atoms with Crippen LogP contribution in [0.25, 0.3) is 5.69 Å². The molecule has 1 aromatic carbocycles. The molecule has 0 saturated carbocycles. The zero-order valence-corrected chi connectivity index (χ0v) is 15.6. The number of aromatic nitrogens is 2. The molecule has 6 nitrogen and oxygen atoms in total. The number of aliphatic hydroxyl groups is 1. The van der Waals surface area contributed by atoms with Crippen LogP contribution in [0.3, 0.4) is 0 Å². The highest BCUT2D eigenvalue weighted by atomic mass is 35.5. The predicted molar refractivity (Wildman–Crippen MR) is 97.2 cm³/mol. The number of para-hydroxylation sites is 1. The van der Waals surface area contributed by atoms with Crippen LogP contribution in [0.1, 0.15) is 39.0 Å². The zero-order valence-electron chi connectivity index (χ0n) is 14.9. The number of hydrogen-bond acceptors (Lipinski definition) is 4. The van der Waals surface area contributed by atoms with Crippen LogP contribution in [0.2, 0.25) is 5.02 Å². The molecule has 0 fully saturated rings. The van der Waals surface area contributed by atoms with Crippen molar-refractivity contribution in [1.29, 1.82) is 0 Å². The van der Waals surface area contributed by atoms with E-state index in [1.165, 1.54) is 6.92 Å². The molecule has 136 valence electrons. The average Bonchev–Trinajstić information content (AvgIpc) is 2.91. The minimum Gasteiger partial charge on any atom is -0.479 e. The van der Waals surface area contributed by atoms with Crippen molar-refractivity contribution in [3.05, 3.63) is 46.7 Å². The van der Waals surface area contributed by atoms with Gasteiger partial charge in [0.05, 0.1) is 16.4 Å². The highest BCUT2D eigenvalue weighted by molar-refractivity contribution is 6.32. The Morgan fingerprint density at radius 3 is 2.48 bits per heavy atom. The Hall–Kier alpha value is -1.89. The molecule has 0 amide bonds. The first-order valence-electron chi connectivity index (χ1n) is 8.03. The molecular formula is C18H24ClN3O3. The van der Waals surface area contributed by atoms with E-state index in [1.807, 2.05) is 24.4 Å². The molecule has 25 heavy (non-hydrogen) atoms. The lowest BCUT2D eigenvalue weighted by atomic mass is 9.89. The van der Waals surface area contributed by atoms with Gasteiger partial charge in [0.15, 0.2) is 5.60 Å². The molecule has 0 spiro atoms. The fourth-order valence-electron chi connectivity index (χ4n) is 2.45. The molecular weight excluding hydrogens is 342 g/mol. The lowest BCUT2D eigenvalue weighted by Gasteiger charge is -2.20. The smallest absolute Gasteiger partial charge is 0.336 e. The van der Waals surface area contributed by atoms with Gasteiger partial charge in [-0.2, -0.15) is 5.10 Å². The highest BCUT2D eigenvalue weighted by Crippen LogP contribution is 2.27. The van der Waals surface area contributed by atoms with Gasteiger partial charge < -0.3 is 15.5 Å². The zero-order chi connectivity index (χ0) is 18.8. The number of rotatable bonds is 6. The fourth-order valence-corrected chi connectivity index (χ4v) is 2.67. The monoisotopic (exact) mass is 365 g/mol. The fraction of sp³-hybridized carbons (Fsp3) is 0.444. The van der Waals surface area contributed by atoms with Crippen molar-refractivity contribution >= 4 is 17.6 Å². The van der Waals surface area contributed by atoms with Gasteiger partial charge in [-0.1, -0.05) is 44.5 Å². The Kier molecular flexibility index (Phi) is 5.56. The van der Waals surface area contributed by atoms with Gasteiger partial charge in [0.1, 0.15) is 0 Å². The second kappa shape index (κ2) is 7.15. The number of carboxylic acids is 1. The van der Waals surface area contributed by atoms with E-state index >= 15 is 0 Å². The number of nitrogens with zero attached hydrogens (tertiary/aromatic N) is 2. The van der Waals surface area contributed by atoms with E-state index in [9.17, 15) is 9.90 Å². The maximum absolute atomic E-state index is 11.0. The highest BCUT2D eigenvalue weighted by Gasteiger charge is 2.30. The number of halogens is 1. The van der Waals surface area contributed by atoms with Crippen molar-refractivity contribution in [3.8, 4) is 5.69 Å². The maximum Gasteiger partial charge on any atom is 0.336 e. The Morgan fingerprint density at radius 1 is 1.28 bits per heavy atom. The average molecular weight is 366 g/mol. The molecule has 1 heterocycles. The van der Waals surface area contributed by atoms with Crippen molar-refractivity contribution in [2.75, 3.05) is 6.54 Å². The molecule has 0 bridgehead atoms. The normalized spacial score (nSPS) is 14.3. The summed E-state index contributed by atoms with van der Waals surface area (Å²) >= 11 is 6.26. The van der Waals surface area contributed by atoms with Gasteiger partial charge in [-0.15, -0.1) is 0 Å². The van der Waals surface area contributed by atoms with Crippen LogP contribution in [-0.2, 0) is 16.8 Å². The van der Waals surface area contributed by atoms with Gasteiger partial charge in [0.2, 0.25) is 0 Å². The largest absolute Gasteiger partial charge is 0.479 e. The summed E-state index contributed by atoms with van der Waals surface area (Å²) in [5.41, 5.74) is 0.571. The van der Waals surface area contributed by atoms with E-state index in [-0.39, 0.29) is 12.0 Å². The predicted octanol–water partition coefficient (Wildman–Crippen LogP) is 2.75. The Morgan fingerprint density at radius 2 is 1.92 bits per heavy atom. The first-order chi connectivity index (χ1) is 11.5. The summed E-state index contributed by atoms with van der Waals surface area (Å²) < 4.78 is 1.73. The van der Waals surface area contributed by atoms with E-state index in [0.717, 1.165) is 16.9 Å². The van der Waals surface area contributed by atoms with Crippen molar-refractivity contribution in [2.45, 2.75) is 45.3 Å². The van der Waals surface area contributed by atoms with Crippen molar-refractivity contribution in [1.82, 2.24) is 15.1 Å². The van der Waals surface area contributed by atoms with Crippen LogP contribution in [0.15, 0.2) is 30.5 Å². The van der Waals surface area contributed by atoms with Crippen LogP contribution >= 0.6 is 11.6 Å². The summed E-state index contributed by atoms with van der Waals surface area (Å²) in [5.74, 6) is -1.26. The summed E-state index contributed by atoms with van der Waals surface area (Å²) in [6, 6.07) is 7.43. The molecule has 2 aromatic rings. The molecule has 0 radical (unpaired) electrons. The second-order valence-corrected chi connectivity index (χ2v) is 7.74. The number of benzene rings is 1. The maximum atomic E-state index is 11.0. The Labute approximate surface area is 152 Å². The molecule has 1 unspecified atom stereocenters. The first-order valence-corrected chi connectivity index (χ1v) is 8.40. The van der Waals surface area contributed by atoms with Gasteiger partial charge in [-0.3, -0.25) is 0 Å². The van der Waals surface area contributed by atoms with Crippen LogP contribution in [0, 0.1) is 0 Å². The van der Waals surface area contributed by atoms with E-state index in [0.29, 0.717) is 11.6 Å². The van der Waals surface area contributed by atoms with Gasteiger partial charge >= 0.3 is 5.97 Å². The second-order valence-electron chi connectivity index (χ2n) is 7.33. The van der Waals surface area contributed by atoms with Gasteiger partial charge in [-0.25, -0.2) is 9.48 Å². The third kappa shape index (κ3) is 4.60.